The molecule has 1 aromatic heterocycles. The van der Waals surface area contributed by atoms with Crippen molar-refractivity contribution in [3.8, 4) is 11.5 Å². The van der Waals surface area contributed by atoms with E-state index in [1.165, 1.54) is 31.2 Å². The second-order valence-corrected chi connectivity index (χ2v) is 7.50. The van der Waals surface area contributed by atoms with Crippen LogP contribution >= 0.6 is 0 Å². The summed E-state index contributed by atoms with van der Waals surface area (Å²) in [5.41, 5.74) is 2.78. The highest BCUT2D eigenvalue weighted by Gasteiger charge is 2.21. The second kappa shape index (κ2) is 10.6. The number of aromatic nitrogens is 2. The van der Waals surface area contributed by atoms with Crippen molar-refractivity contribution in [3.63, 3.8) is 0 Å². The molecule has 0 aliphatic heterocycles. The lowest BCUT2D eigenvalue weighted by molar-refractivity contribution is -0.155. The molecular formula is C23H23FN4O6. The third-order valence-electron chi connectivity index (χ3n) is 4.82. The number of amides is 2. The average molecular weight is 470 g/mol. The van der Waals surface area contributed by atoms with E-state index < -0.39 is 42.0 Å². The van der Waals surface area contributed by atoms with Crippen LogP contribution in [-0.4, -0.2) is 40.2 Å². The van der Waals surface area contributed by atoms with Gasteiger partial charge in [-0.1, -0.05) is 18.2 Å². The van der Waals surface area contributed by atoms with Crippen molar-refractivity contribution in [3.05, 3.63) is 70.0 Å². The van der Waals surface area contributed by atoms with E-state index in [0.29, 0.717) is 11.3 Å². The number of benzene rings is 2. The van der Waals surface area contributed by atoms with Crippen LogP contribution in [0.2, 0.25) is 0 Å². The number of rotatable bonds is 8. The molecule has 0 radical (unpaired) electrons. The zero-order valence-electron chi connectivity index (χ0n) is 18.8. The first kappa shape index (κ1) is 24.4. The van der Waals surface area contributed by atoms with E-state index in [9.17, 15) is 23.6 Å². The highest BCUT2D eigenvalue weighted by Crippen LogP contribution is 2.19. The van der Waals surface area contributed by atoms with E-state index in [1.807, 2.05) is 32.0 Å². The molecule has 1 heterocycles. The molecule has 2 N–H and O–H groups in total. The summed E-state index contributed by atoms with van der Waals surface area (Å²) in [6.07, 6.45) is -1.22. The summed E-state index contributed by atoms with van der Waals surface area (Å²) in [5.74, 6) is -3.53. The maximum absolute atomic E-state index is 13.0. The summed E-state index contributed by atoms with van der Waals surface area (Å²) < 4.78 is 23.8. The van der Waals surface area contributed by atoms with Gasteiger partial charge in [0.2, 0.25) is 11.8 Å². The van der Waals surface area contributed by atoms with Gasteiger partial charge in [-0.2, -0.15) is 4.68 Å². The quantitative estimate of drug-likeness (QED) is 0.481. The summed E-state index contributed by atoms with van der Waals surface area (Å²) in [4.78, 5) is 48.5. The normalized spacial score (nSPS) is 11.5. The van der Waals surface area contributed by atoms with Gasteiger partial charge in [0.1, 0.15) is 12.4 Å². The van der Waals surface area contributed by atoms with E-state index in [2.05, 4.69) is 15.7 Å². The predicted molar refractivity (Wildman–Crippen MR) is 119 cm³/mol. The molecule has 2 amide bonds. The van der Waals surface area contributed by atoms with Crippen LogP contribution in [0.3, 0.4) is 0 Å². The number of anilines is 1. The van der Waals surface area contributed by atoms with Crippen LogP contribution in [0.5, 0.6) is 0 Å². The molecule has 0 saturated carbocycles. The zero-order chi connectivity index (χ0) is 24.8. The highest BCUT2D eigenvalue weighted by atomic mass is 19.1. The number of para-hydroxylation sites is 1. The first-order valence-electron chi connectivity index (χ1n) is 10.3. The van der Waals surface area contributed by atoms with Crippen LogP contribution in [0.4, 0.5) is 10.1 Å². The Kier molecular flexibility index (Phi) is 7.57. The number of nitrogens with one attached hydrogen (secondary N) is 2. The first-order chi connectivity index (χ1) is 16.1. The Labute approximate surface area is 193 Å². The highest BCUT2D eigenvalue weighted by molar-refractivity contribution is 5.96. The monoisotopic (exact) mass is 470 g/mol. The molecule has 1 atom stereocenters. The van der Waals surface area contributed by atoms with E-state index >= 15 is 0 Å². The SMILES string of the molecule is Cc1cccc(C)c1NC(=O)CNC(=O)C(C)OC(=O)Cn1nc(-c2ccc(F)cc2)oc1=O. The lowest BCUT2D eigenvalue weighted by Gasteiger charge is -2.14. The molecule has 34 heavy (non-hydrogen) atoms. The van der Waals surface area contributed by atoms with Crippen molar-refractivity contribution >= 4 is 23.5 Å². The number of hydrogen-bond donors (Lipinski definition) is 2. The smallest absolute Gasteiger partial charge is 0.437 e. The molecular weight excluding hydrogens is 447 g/mol. The lowest BCUT2D eigenvalue weighted by atomic mass is 10.1. The largest absolute Gasteiger partial charge is 0.451 e. The molecule has 2 aromatic carbocycles. The molecule has 0 fully saturated rings. The van der Waals surface area contributed by atoms with E-state index in [-0.39, 0.29) is 12.4 Å². The molecule has 178 valence electrons. The Bertz CT molecular complexity index is 1240. The van der Waals surface area contributed by atoms with Crippen LogP contribution in [0, 0.1) is 19.7 Å². The second-order valence-electron chi connectivity index (χ2n) is 7.50. The minimum Gasteiger partial charge on any atom is -0.451 e. The molecule has 11 heteroatoms. The third kappa shape index (κ3) is 6.15. The number of nitrogens with zero attached hydrogens (tertiary/aromatic N) is 2. The molecule has 0 spiro atoms. The maximum atomic E-state index is 13.0. The van der Waals surface area contributed by atoms with Crippen LogP contribution in [0.15, 0.2) is 51.7 Å². The lowest BCUT2D eigenvalue weighted by Crippen LogP contribution is -2.40. The molecule has 0 bridgehead atoms. The van der Waals surface area contributed by atoms with Crippen LogP contribution in [0.25, 0.3) is 11.5 Å². The van der Waals surface area contributed by atoms with Crippen molar-refractivity contribution in [2.45, 2.75) is 33.4 Å². The Morgan fingerprint density at radius 3 is 2.41 bits per heavy atom. The summed E-state index contributed by atoms with van der Waals surface area (Å²) in [7, 11) is 0. The van der Waals surface area contributed by atoms with E-state index in [0.717, 1.165) is 15.8 Å². The minimum atomic E-state index is -1.22. The van der Waals surface area contributed by atoms with E-state index in [4.69, 9.17) is 9.15 Å². The first-order valence-corrected chi connectivity index (χ1v) is 10.3. The number of hydrogen-bond acceptors (Lipinski definition) is 7. The van der Waals surface area contributed by atoms with Crippen LogP contribution in [0.1, 0.15) is 18.1 Å². The number of carbonyl (C=O) groups excluding carboxylic acids is 3. The molecule has 10 nitrogen and oxygen atoms in total. The van der Waals surface area contributed by atoms with Crippen LogP contribution in [-0.2, 0) is 25.7 Å². The van der Waals surface area contributed by atoms with E-state index in [1.54, 1.807) is 0 Å². The number of esters is 1. The zero-order valence-corrected chi connectivity index (χ0v) is 18.8. The summed E-state index contributed by atoms with van der Waals surface area (Å²) >= 11 is 0. The van der Waals surface area contributed by atoms with Gasteiger partial charge in [-0.3, -0.25) is 14.4 Å². The summed E-state index contributed by atoms with van der Waals surface area (Å²) in [5, 5.41) is 9.00. The van der Waals surface area contributed by atoms with Gasteiger partial charge in [0.25, 0.3) is 5.91 Å². The molecule has 0 aliphatic carbocycles. The Hall–Kier alpha value is -4.28. The van der Waals surface area contributed by atoms with Crippen molar-refractivity contribution in [2.75, 3.05) is 11.9 Å². The molecule has 0 saturated heterocycles. The molecule has 0 aliphatic rings. The Morgan fingerprint density at radius 1 is 1.12 bits per heavy atom. The van der Waals surface area contributed by atoms with Gasteiger partial charge in [0, 0.05) is 11.3 Å². The fraction of sp³-hybridized carbons (Fsp3) is 0.261. The standard InChI is InChI=1S/C23H23FN4O6/c1-13-5-4-6-14(2)20(13)26-18(29)11-25-21(31)15(3)33-19(30)12-28-23(32)34-22(27-28)16-7-9-17(24)10-8-16/h4-10,15H,11-12H2,1-3H3,(H,25,31)(H,26,29). The van der Waals surface area contributed by atoms with Crippen molar-refractivity contribution in [1.82, 2.24) is 15.1 Å². The Morgan fingerprint density at radius 2 is 1.76 bits per heavy atom. The fourth-order valence-electron chi connectivity index (χ4n) is 3.03. The summed E-state index contributed by atoms with van der Waals surface area (Å²) in [6.45, 7) is 4.11. The number of halogens is 1. The van der Waals surface area contributed by atoms with Gasteiger partial charge in [-0.05, 0) is 56.2 Å². The third-order valence-corrected chi connectivity index (χ3v) is 4.82. The van der Waals surface area contributed by atoms with Gasteiger partial charge in [-0.15, -0.1) is 5.10 Å². The van der Waals surface area contributed by atoms with Gasteiger partial charge < -0.3 is 19.8 Å². The fourth-order valence-corrected chi connectivity index (χ4v) is 3.03. The average Bonchev–Trinajstić information content (AvgIpc) is 3.15. The molecule has 3 aromatic rings. The topological polar surface area (TPSA) is 133 Å². The van der Waals surface area contributed by atoms with Crippen molar-refractivity contribution in [1.29, 1.82) is 0 Å². The Balaban J connectivity index is 1.50. The van der Waals surface area contributed by atoms with Gasteiger partial charge >= 0.3 is 11.7 Å². The van der Waals surface area contributed by atoms with Gasteiger partial charge in [0.05, 0.1) is 6.54 Å². The number of ether oxygens (including phenoxy) is 1. The maximum Gasteiger partial charge on any atom is 0.437 e. The van der Waals surface area contributed by atoms with Crippen molar-refractivity contribution in [2.24, 2.45) is 0 Å². The number of aryl methyl sites for hydroxylation is 2. The molecule has 3 rings (SSSR count). The predicted octanol–water partition coefficient (Wildman–Crippen LogP) is 1.95. The van der Waals surface area contributed by atoms with Gasteiger partial charge in [-0.25, -0.2) is 9.18 Å². The van der Waals surface area contributed by atoms with Gasteiger partial charge in [0.15, 0.2) is 6.10 Å². The van der Waals surface area contributed by atoms with Crippen molar-refractivity contribution < 1.29 is 27.9 Å². The van der Waals surface area contributed by atoms with Crippen LogP contribution < -0.4 is 16.4 Å². The molecule has 1 unspecified atom stereocenters. The minimum absolute atomic E-state index is 0.0986. The summed E-state index contributed by atoms with van der Waals surface area (Å²) in [6, 6.07) is 10.7. The number of carbonyl (C=O) groups is 3.